The van der Waals surface area contributed by atoms with Crippen LogP contribution in [0.2, 0.25) is 0 Å². The van der Waals surface area contributed by atoms with Crippen LogP contribution in [-0.4, -0.2) is 18.1 Å². The Balaban J connectivity index is 2.67. The van der Waals surface area contributed by atoms with Gasteiger partial charge in [0.2, 0.25) is 0 Å². The molecule has 3 nitrogen and oxygen atoms in total. The summed E-state index contributed by atoms with van der Waals surface area (Å²) in [4.78, 5) is 16.0. The minimum absolute atomic E-state index is 0.329. The number of unbranched alkanes of at least 4 members (excludes halogenated alkanes) is 4. The highest BCUT2D eigenvalue weighted by Gasteiger charge is 2.19. The Bertz CT molecular complexity index is 404. The van der Waals surface area contributed by atoms with Crippen molar-refractivity contribution in [3.8, 4) is 0 Å². The molecule has 0 saturated heterocycles. The second-order valence-electron chi connectivity index (χ2n) is 5.24. The Morgan fingerprint density at radius 1 is 1.25 bits per heavy atom. The maximum absolute atomic E-state index is 11.8. The normalized spacial score (nSPS) is 12.2. The van der Waals surface area contributed by atoms with Gasteiger partial charge in [0, 0.05) is 6.20 Å². The van der Waals surface area contributed by atoms with Crippen LogP contribution in [-0.2, 0) is 4.74 Å². The van der Waals surface area contributed by atoms with Gasteiger partial charge >= 0.3 is 5.97 Å². The van der Waals surface area contributed by atoms with Gasteiger partial charge in [0.1, 0.15) is 0 Å². The number of ether oxygens (including phenoxy) is 1. The van der Waals surface area contributed by atoms with Gasteiger partial charge in [0.15, 0.2) is 5.69 Å². The minimum Gasteiger partial charge on any atom is -0.464 e. The summed E-state index contributed by atoms with van der Waals surface area (Å²) < 4.78 is 4.83. The first-order valence-electron chi connectivity index (χ1n) is 7.77. The zero-order valence-corrected chi connectivity index (χ0v) is 13.0. The number of carbonyl (C=O) groups excluding carboxylic acids is 1. The van der Waals surface area contributed by atoms with Crippen LogP contribution in [0.3, 0.4) is 0 Å². The molecule has 0 amide bonds. The van der Waals surface area contributed by atoms with Crippen molar-refractivity contribution >= 4 is 5.97 Å². The molecule has 0 saturated carbocycles. The number of hydrogen-bond acceptors (Lipinski definition) is 3. The molecule has 1 aromatic rings. The minimum atomic E-state index is -0.329. The largest absolute Gasteiger partial charge is 0.464 e. The maximum atomic E-state index is 11.8. The molecule has 3 heteroatoms. The number of aromatic nitrogens is 1. The van der Waals surface area contributed by atoms with Crippen molar-refractivity contribution in [1.82, 2.24) is 4.98 Å². The number of rotatable bonds is 9. The third-order valence-corrected chi connectivity index (χ3v) is 3.81. The molecule has 0 aliphatic carbocycles. The average molecular weight is 277 g/mol. The number of esters is 1. The smallest absolute Gasteiger partial charge is 0.356 e. The second kappa shape index (κ2) is 9.51. The van der Waals surface area contributed by atoms with Crippen molar-refractivity contribution in [2.24, 2.45) is 0 Å². The number of pyridine rings is 1. The van der Waals surface area contributed by atoms with E-state index in [1.807, 2.05) is 12.1 Å². The summed E-state index contributed by atoms with van der Waals surface area (Å²) in [7, 11) is 1.41. The first-order valence-corrected chi connectivity index (χ1v) is 7.77. The van der Waals surface area contributed by atoms with E-state index in [1.54, 1.807) is 6.20 Å². The van der Waals surface area contributed by atoms with Gasteiger partial charge in [0.25, 0.3) is 0 Å². The summed E-state index contributed by atoms with van der Waals surface area (Å²) in [5, 5.41) is 0. The van der Waals surface area contributed by atoms with Gasteiger partial charge in [-0.05, 0) is 30.4 Å². The molecule has 1 unspecified atom stereocenters. The van der Waals surface area contributed by atoms with E-state index in [0.717, 1.165) is 18.4 Å². The average Bonchev–Trinajstić information content (AvgIpc) is 2.50. The molecule has 0 aromatic carbocycles. The van der Waals surface area contributed by atoms with Crippen LogP contribution in [0.1, 0.15) is 80.8 Å². The Morgan fingerprint density at radius 3 is 2.65 bits per heavy atom. The summed E-state index contributed by atoms with van der Waals surface area (Å²) in [6.07, 6.45) is 10.2. The fraction of sp³-hybridized carbons (Fsp3) is 0.647. The van der Waals surface area contributed by atoms with E-state index >= 15 is 0 Å². The first-order chi connectivity index (χ1) is 9.74. The van der Waals surface area contributed by atoms with Gasteiger partial charge in [-0.15, -0.1) is 0 Å². The fourth-order valence-corrected chi connectivity index (χ4v) is 2.59. The van der Waals surface area contributed by atoms with Gasteiger partial charge in [0.05, 0.1) is 7.11 Å². The molecule has 20 heavy (non-hydrogen) atoms. The highest BCUT2D eigenvalue weighted by molar-refractivity contribution is 5.88. The van der Waals surface area contributed by atoms with Crippen LogP contribution in [0.15, 0.2) is 18.3 Å². The quantitative estimate of drug-likeness (QED) is 0.484. The summed E-state index contributed by atoms with van der Waals surface area (Å²) >= 11 is 0. The molecule has 0 aliphatic heterocycles. The molecule has 0 aliphatic rings. The summed E-state index contributed by atoms with van der Waals surface area (Å²) in [6.45, 7) is 4.40. The Labute approximate surface area is 122 Å². The van der Waals surface area contributed by atoms with E-state index in [-0.39, 0.29) is 5.97 Å². The molecular formula is C17H27NO2. The lowest BCUT2D eigenvalue weighted by Gasteiger charge is -2.17. The number of nitrogens with zero attached hydrogens (tertiary/aromatic N) is 1. The predicted molar refractivity (Wildman–Crippen MR) is 82.0 cm³/mol. The SMILES string of the molecule is CCCCCCCC(CC)c1cccnc1C(=O)OC. The van der Waals surface area contributed by atoms with Crippen LogP contribution in [0.25, 0.3) is 0 Å². The van der Waals surface area contributed by atoms with Gasteiger partial charge < -0.3 is 4.74 Å². The summed E-state index contributed by atoms with van der Waals surface area (Å²) in [6, 6.07) is 3.92. The highest BCUT2D eigenvalue weighted by atomic mass is 16.5. The predicted octanol–water partition coefficient (Wildman–Crippen LogP) is 4.72. The molecule has 0 radical (unpaired) electrons. The standard InChI is InChI=1S/C17H27NO2/c1-4-6-7-8-9-11-14(5-2)15-12-10-13-18-16(15)17(19)20-3/h10,12-14H,4-9,11H2,1-3H3. The fourth-order valence-electron chi connectivity index (χ4n) is 2.59. The monoisotopic (exact) mass is 277 g/mol. The van der Waals surface area contributed by atoms with Crippen molar-refractivity contribution in [3.63, 3.8) is 0 Å². The van der Waals surface area contributed by atoms with E-state index in [4.69, 9.17) is 4.74 Å². The van der Waals surface area contributed by atoms with E-state index in [1.165, 1.54) is 39.2 Å². The Hall–Kier alpha value is -1.38. The molecular weight excluding hydrogens is 250 g/mol. The van der Waals surface area contributed by atoms with Crippen molar-refractivity contribution in [2.75, 3.05) is 7.11 Å². The van der Waals surface area contributed by atoms with Gasteiger partial charge in [-0.1, -0.05) is 52.0 Å². The van der Waals surface area contributed by atoms with E-state index < -0.39 is 0 Å². The molecule has 0 spiro atoms. The van der Waals surface area contributed by atoms with Crippen LogP contribution in [0.4, 0.5) is 0 Å². The lowest BCUT2D eigenvalue weighted by molar-refractivity contribution is 0.0592. The summed E-state index contributed by atoms with van der Waals surface area (Å²) in [5.41, 5.74) is 1.52. The lowest BCUT2D eigenvalue weighted by atomic mass is 9.89. The van der Waals surface area contributed by atoms with Crippen LogP contribution in [0.5, 0.6) is 0 Å². The number of methoxy groups -OCH3 is 1. The zero-order valence-electron chi connectivity index (χ0n) is 13.0. The number of hydrogen-bond donors (Lipinski definition) is 0. The number of carbonyl (C=O) groups is 1. The summed E-state index contributed by atoms with van der Waals surface area (Å²) in [5.74, 6) is 0.0736. The molecule has 0 N–H and O–H groups in total. The van der Waals surface area contributed by atoms with Gasteiger partial charge in [-0.3, -0.25) is 0 Å². The molecule has 1 rings (SSSR count). The van der Waals surface area contributed by atoms with Crippen LogP contribution < -0.4 is 0 Å². The first kappa shape index (κ1) is 16.7. The van der Waals surface area contributed by atoms with E-state index in [0.29, 0.717) is 11.6 Å². The highest BCUT2D eigenvalue weighted by Crippen LogP contribution is 2.28. The van der Waals surface area contributed by atoms with Gasteiger partial charge in [-0.2, -0.15) is 0 Å². The third-order valence-electron chi connectivity index (χ3n) is 3.81. The van der Waals surface area contributed by atoms with Crippen molar-refractivity contribution in [2.45, 2.75) is 64.7 Å². The Morgan fingerprint density at radius 2 is 2.00 bits per heavy atom. The topological polar surface area (TPSA) is 39.2 Å². The lowest BCUT2D eigenvalue weighted by Crippen LogP contribution is -2.11. The van der Waals surface area contributed by atoms with Crippen LogP contribution in [0, 0.1) is 0 Å². The van der Waals surface area contributed by atoms with Crippen molar-refractivity contribution in [3.05, 3.63) is 29.6 Å². The zero-order chi connectivity index (χ0) is 14.8. The van der Waals surface area contributed by atoms with Crippen molar-refractivity contribution < 1.29 is 9.53 Å². The Kier molecular flexibility index (Phi) is 7.93. The molecule has 1 heterocycles. The third kappa shape index (κ3) is 4.95. The molecule has 1 atom stereocenters. The van der Waals surface area contributed by atoms with E-state index in [2.05, 4.69) is 18.8 Å². The molecule has 112 valence electrons. The molecule has 1 aromatic heterocycles. The van der Waals surface area contributed by atoms with Gasteiger partial charge in [-0.25, -0.2) is 9.78 Å². The second-order valence-corrected chi connectivity index (χ2v) is 5.24. The van der Waals surface area contributed by atoms with Crippen LogP contribution >= 0.6 is 0 Å². The molecule has 0 fully saturated rings. The molecule has 0 bridgehead atoms. The van der Waals surface area contributed by atoms with E-state index in [9.17, 15) is 4.79 Å². The maximum Gasteiger partial charge on any atom is 0.356 e. The van der Waals surface area contributed by atoms with Crippen molar-refractivity contribution in [1.29, 1.82) is 0 Å².